The predicted octanol–water partition coefficient (Wildman–Crippen LogP) is 1.24. The monoisotopic (exact) mass is 312 g/mol. The molecule has 6 heteroatoms. The van der Waals surface area contributed by atoms with Crippen molar-refractivity contribution >= 4 is 10.0 Å². The third-order valence-corrected chi connectivity index (χ3v) is 6.05. The van der Waals surface area contributed by atoms with Gasteiger partial charge >= 0.3 is 0 Å². The molecule has 0 bridgehead atoms. The molecule has 1 aliphatic rings. The topological polar surface area (TPSA) is 83.6 Å². The number of sulfonamides is 1. The highest BCUT2D eigenvalue weighted by Crippen LogP contribution is 2.26. The molecule has 2 rings (SSSR count). The molecule has 1 unspecified atom stereocenters. The molecule has 5 nitrogen and oxygen atoms in total. The van der Waals surface area contributed by atoms with Gasteiger partial charge in [-0.3, -0.25) is 0 Å². The lowest BCUT2D eigenvalue weighted by molar-refractivity contribution is 0.203. The van der Waals surface area contributed by atoms with E-state index in [1.807, 2.05) is 6.92 Å². The van der Waals surface area contributed by atoms with Crippen LogP contribution in [0.5, 0.6) is 0 Å². The molecule has 118 valence electrons. The van der Waals surface area contributed by atoms with E-state index in [9.17, 15) is 8.42 Å². The van der Waals surface area contributed by atoms with Gasteiger partial charge in [-0.1, -0.05) is 6.07 Å². The molecule has 0 saturated carbocycles. The van der Waals surface area contributed by atoms with E-state index in [1.54, 1.807) is 22.5 Å². The first-order valence-electron chi connectivity index (χ1n) is 7.39. The van der Waals surface area contributed by atoms with E-state index in [-0.39, 0.29) is 12.5 Å². The van der Waals surface area contributed by atoms with Crippen LogP contribution < -0.4 is 5.73 Å². The Morgan fingerprint density at radius 3 is 2.81 bits per heavy atom. The molecule has 0 spiro atoms. The fourth-order valence-corrected chi connectivity index (χ4v) is 4.51. The fourth-order valence-electron chi connectivity index (χ4n) is 2.87. The second-order valence-electron chi connectivity index (χ2n) is 5.68. The zero-order valence-electron chi connectivity index (χ0n) is 12.5. The van der Waals surface area contributed by atoms with Crippen LogP contribution in [0.3, 0.4) is 0 Å². The molecule has 1 fully saturated rings. The molecule has 0 amide bonds. The molecule has 1 atom stereocenters. The van der Waals surface area contributed by atoms with Gasteiger partial charge in [0.05, 0.1) is 4.90 Å². The van der Waals surface area contributed by atoms with Crippen LogP contribution in [-0.4, -0.2) is 37.5 Å². The van der Waals surface area contributed by atoms with E-state index in [2.05, 4.69) is 0 Å². The summed E-state index contributed by atoms with van der Waals surface area (Å²) >= 11 is 0. The van der Waals surface area contributed by atoms with Gasteiger partial charge in [0, 0.05) is 26.2 Å². The van der Waals surface area contributed by atoms with Gasteiger partial charge in [0.2, 0.25) is 10.0 Å². The molecule has 3 N–H and O–H groups in total. The van der Waals surface area contributed by atoms with Gasteiger partial charge in [0.1, 0.15) is 0 Å². The van der Waals surface area contributed by atoms with Crippen molar-refractivity contribution in [2.24, 2.45) is 11.7 Å². The summed E-state index contributed by atoms with van der Waals surface area (Å²) in [7, 11) is -3.45. The van der Waals surface area contributed by atoms with Crippen LogP contribution in [0.25, 0.3) is 0 Å². The zero-order chi connectivity index (χ0) is 15.5. The average molecular weight is 312 g/mol. The lowest BCUT2D eigenvalue weighted by Gasteiger charge is -2.31. The Bertz CT molecular complexity index is 585. The predicted molar refractivity (Wildman–Crippen MR) is 82.3 cm³/mol. The van der Waals surface area contributed by atoms with Crippen molar-refractivity contribution in [2.45, 2.75) is 37.6 Å². The van der Waals surface area contributed by atoms with Crippen LogP contribution in [-0.2, 0) is 16.6 Å². The number of aryl methyl sites for hydroxylation is 1. The first-order chi connectivity index (χ1) is 9.98. The van der Waals surface area contributed by atoms with Gasteiger partial charge in [-0.05, 0) is 55.4 Å². The van der Waals surface area contributed by atoms with Gasteiger partial charge in [-0.2, -0.15) is 4.31 Å². The van der Waals surface area contributed by atoms with Crippen LogP contribution in [0, 0.1) is 12.8 Å². The van der Waals surface area contributed by atoms with Crippen LogP contribution in [0.1, 0.15) is 30.4 Å². The third-order valence-electron chi connectivity index (χ3n) is 4.19. The lowest BCUT2D eigenvalue weighted by atomic mass is 9.97. The molecule has 1 saturated heterocycles. The number of benzene rings is 1. The lowest BCUT2D eigenvalue weighted by Crippen LogP contribution is -2.40. The van der Waals surface area contributed by atoms with Crippen molar-refractivity contribution in [1.29, 1.82) is 0 Å². The van der Waals surface area contributed by atoms with E-state index in [4.69, 9.17) is 10.8 Å². The maximum absolute atomic E-state index is 12.7. The summed E-state index contributed by atoms with van der Waals surface area (Å²) in [6.45, 7) is 3.46. The highest BCUT2D eigenvalue weighted by atomic mass is 32.2. The van der Waals surface area contributed by atoms with Crippen LogP contribution in [0.4, 0.5) is 0 Å². The molecule has 21 heavy (non-hydrogen) atoms. The number of hydrogen-bond donors (Lipinski definition) is 2. The normalized spacial score (nSPS) is 20.6. The van der Waals surface area contributed by atoms with E-state index < -0.39 is 10.0 Å². The Morgan fingerprint density at radius 2 is 2.19 bits per heavy atom. The number of rotatable bonds is 5. The van der Waals surface area contributed by atoms with Gasteiger partial charge in [-0.15, -0.1) is 0 Å². The number of aliphatic hydroxyl groups excluding tert-OH is 1. The number of hydrogen-bond acceptors (Lipinski definition) is 4. The Hall–Kier alpha value is -0.950. The first kappa shape index (κ1) is 16.4. The van der Waals surface area contributed by atoms with Crippen molar-refractivity contribution in [3.8, 4) is 0 Å². The fraction of sp³-hybridized carbons (Fsp3) is 0.600. The summed E-state index contributed by atoms with van der Waals surface area (Å²) in [6.07, 6.45) is 2.50. The largest absolute Gasteiger partial charge is 0.396 e. The molecule has 0 aromatic heterocycles. The summed E-state index contributed by atoms with van der Waals surface area (Å²) in [5, 5.41) is 9.04. The Labute approximate surface area is 126 Å². The average Bonchev–Trinajstić information content (AvgIpc) is 2.48. The van der Waals surface area contributed by atoms with Crippen LogP contribution in [0.15, 0.2) is 23.1 Å². The molecule has 0 radical (unpaired) electrons. The Morgan fingerprint density at radius 1 is 1.43 bits per heavy atom. The molecular formula is C15H24N2O3S. The summed E-state index contributed by atoms with van der Waals surface area (Å²) in [5.41, 5.74) is 7.49. The maximum Gasteiger partial charge on any atom is 0.243 e. The Balaban J connectivity index is 2.23. The second kappa shape index (κ2) is 6.87. The van der Waals surface area contributed by atoms with E-state index in [1.165, 1.54) is 0 Å². The van der Waals surface area contributed by atoms with Crippen molar-refractivity contribution in [2.75, 3.05) is 19.7 Å². The summed E-state index contributed by atoms with van der Waals surface area (Å²) in [5.74, 6) is 0.253. The standard InChI is InChI=1S/C15H24N2O3S/c1-12-9-15(5-4-14(12)10-16)21(19,20)17-7-2-3-13(11-17)6-8-18/h4-5,9,13,18H,2-3,6-8,10-11,16H2,1H3. The molecule has 1 aromatic rings. The number of nitrogens with two attached hydrogens (primary N) is 1. The van der Waals surface area contributed by atoms with Crippen molar-refractivity contribution in [3.05, 3.63) is 29.3 Å². The van der Waals surface area contributed by atoms with Crippen LogP contribution in [0.2, 0.25) is 0 Å². The minimum atomic E-state index is -3.45. The number of aliphatic hydroxyl groups is 1. The molecule has 1 aliphatic heterocycles. The first-order valence-corrected chi connectivity index (χ1v) is 8.83. The quantitative estimate of drug-likeness (QED) is 0.857. The van der Waals surface area contributed by atoms with Crippen molar-refractivity contribution in [1.82, 2.24) is 4.31 Å². The number of piperidine rings is 1. The third kappa shape index (κ3) is 3.63. The minimum Gasteiger partial charge on any atom is -0.396 e. The van der Waals surface area contributed by atoms with E-state index in [0.717, 1.165) is 24.0 Å². The summed E-state index contributed by atoms with van der Waals surface area (Å²) in [4.78, 5) is 0.335. The molecular weight excluding hydrogens is 288 g/mol. The van der Waals surface area contributed by atoms with Crippen molar-refractivity contribution in [3.63, 3.8) is 0 Å². The van der Waals surface area contributed by atoms with Crippen molar-refractivity contribution < 1.29 is 13.5 Å². The summed E-state index contributed by atoms with van der Waals surface area (Å²) in [6, 6.07) is 5.13. The molecule has 1 aromatic carbocycles. The second-order valence-corrected chi connectivity index (χ2v) is 7.61. The van der Waals surface area contributed by atoms with Gasteiger partial charge in [0.15, 0.2) is 0 Å². The maximum atomic E-state index is 12.7. The highest BCUT2D eigenvalue weighted by Gasteiger charge is 2.30. The Kier molecular flexibility index (Phi) is 5.37. The van der Waals surface area contributed by atoms with Gasteiger partial charge < -0.3 is 10.8 Å². The zero-order valence-corrected chi connectivity index (χ0v) is 13.3. The summed E-state index contributed by atoms with van der Waals surface area (Å²) < 4.78 is 27.0. The minimum absolute atomic E-state index is 0.114. The van der Waals surface area contributed by atoms with Gasteiger partial charge in [-0.25, -0.2) is 8.42 Å². The van der Waals surface area contributed by atoms with Gasteiger partial charge in [0.25, 0.3) is 0 Å². The van der Waals surface area contributed by atoms with E-state index >= 15 is 0 Å². The van der Waals surface area contributed by atoms with Crippen LogP contribution >= 0.6 is 0 Å². The molecule has 0 aliphatic carbocycles. The molecule has 1 heterocycles. The number of nitrogens with zero attached hydrogens (tertiary/aromatic N) is 1. The highest BCUT2D eigenvalue weighted by molar-refractivity contribution is 7.89. The SMILES string of the molecule is Cc1cc(S(=O)(=O)N2CCCC(CCO)C2)ccc1CN. The smallest absolute Gasteiger partial charge is 0.243 e. The van der Waals surface area contributed by atoms with E-state index in [0.29, 0.717) is 31.0 Å².